The van der Waals surface area contributed by atoms with Crippen molar-refractivity contribution >= 4 is 39.6 Å². The molecule has 7 heteroatoms. The third-order valence-electron chi connectivity index (χ3n) is 5.19. The Balaban J connectivity index is 1.86. The molecule has 0 bridgehead atoms. The number of hydrogen-bond acceptors (Lipinski definition) is 4. The van der Waals surface area contributed by atoms with E-state index in [0.29, 0.717) is 22.2 Å². The molecule has 2 saturated heterocycles. The van der Waals surface area contributed by atoms with E-state index in [4.69, 9.17) is 20.9 Å². The van der Waals surface area contributed by atoms with Crippen molar-refractivity contribution in [1.82, 2.24) is 0 Å². The van der Waals surface area contributed by atoms with E-state index in [1.165, 1.54) is 0 Å². The van der Waals surface area contributed by atoms with Gasteiger partial charge in [0.2, 0.25) is 0 Å². The van der Waals surface area contributed by atoms with E-state index >= 15 is 0 Å². The van der Waals surface area contributed by atoms with Crippen molar-refractivity contribution in [2.75, 3.05) is 11.5 Å². The molecule has 132 valence electrons. The van der Waals surface area contributed by atoms with Gasteiger partial charge in [-0.1, -0.05) is 24.1 Å². The minimum absolute atomic E-state index is 0.390. The van der Waals surface area contributed by atoms with E-state index in [1.807, 2.05) is 45.9 Å². The van der Waals surface area contributed by atoms with E-state index in [1.54, 1.807) is 0 Å². The molecule has 3 rings (SSSR count). The van der Waals surface area contributed by atoms with Gasteiger partial charge in [-0.2, -0.15) is 4.36 Å². The third-order valence-corrected chi connectivity index (χ3v) is 7.87. The van der Waals surface area contributed by atoms with Crippen LogP contribution in [-0.2, 0) is 19.0 Å². The quantitative estimate of drug-likeness (QED) is 0.742. The fraction of sp³-hybridized carbons (Fsp3) is 0.647. The summed E-state index contributed by atoms with van der Waals surface area (Å²) in [7, 11) is -2.61. The van der Waals surface area contributed by atoms with Crippen LogP contribution in [0.3, 0.4) is 0 Å². The van der Waals surface area contributed by atoms with Gasteiger partial charge < -0.3 is 9.31 Å². The summed E-state index contributed by atoms with van der Waals surface area (Å²) in [4.78, 5) is 0. The fourth-order valence-corrected chi connectivity index (χ4v) is 5.42. The zero-order valence-corrected chi connectivity index (χ0v) is 16.4. The number of hydrogen-bond donors (Lipinski definition) is 0. The van der Waals surface area contributed by atoms with Gasteiger partial charge in [-0.15, -0.1) is 0 Å². The van der Waals surface area contributed by atoms with Crippen LogP contribution in [0.15, 0.2) is 22.6 Å². The van der Waals surface area contributed by atoms with Gasteiger partial charge in [-0.3, -0.25) is 0 Å². The molecule has 1 aromatic rings. The first-order valence-electron chi connectivity index (χ1n) is 8.50. The van der Waals surface area contributed by atoms with Crippen LogP contribution in [0, 0.1) is 0 Å². The molecule has 0 aliphatic carbocycles. The minimum atomic E-state index is -2.16. The second-order valence-corrected chi connectivity index (χ2v) is 10.6. The number of nitrogens with zero attached hydrogens (tertiary/aromatic N) is 1. The molecule has 1 aromatic carbocycles. The Morgan fingerprint density at radius 2 is 1.67 bits per heavy atom. The van der Waals surface area contributed by atoms with Crippen LogP contribution in [0.1, 0.15) is 47.0 Å². The smallest absolute Gasteiger partial charge is 0.399 e. The topological polar surface area (TPSA) is 47.9 Å². The van der Waals surface area contributed by atoms with Gasteiger partial charge in [-0.25, -0.2) is 4.21 Å². The van der Waals surface area contributed by atoms with E-state index in [0.717, 1.165) is 24.7 Å². The maximum Gasteiger partial charge on any atom is 0.494 e. The molecule has 0 N–H and O–H groups in total. The summed E-state index contributed by atoms with van der Waals surface area (Å²) in [5.74, 6) is 1.34. The maximum absolute atomic E-state index is 12.8. The standard InChI is InChI=1S/C17H25BClNO3S/c1-16(2)17(3,4)23-18(22-16)13-8-9-15(14(19)12-13)20-24(21)10-6-5-7-11-24/h8-9,12H,5-7,10-11H2,1-4H3. The lowest BCUT2D eigenvalue weighted by Crippen LogP contribution is -2.41. The van der Waals surface area contributed by atoms with Crippen molar-refractivity contribution in [3.05, 3.63) is 23.2 Å². The predicted molar refractivity (Wildman–Crippen MR) is 101 cm³/mol. The molecule has 0 spiro atoms. The minimum Gasteiger partial charge on any atom is -0.399 e. The van der Waals surface area contributed by atoms with E-state index in [9.17, 15) is 4.21 Å². The molecular weight excluding hydrogens is 345 g/mol. The van der Waals surface area contributed by atoms with Crippen molar-refractivity contribution in [3.63, 3.8) is 0 Å². The predicted octanol–water partition coefficient (Wildman–Crippen LogP) is 3.92. The largest absolute Gasteiger partial charge is 0.494 e. The Hall–Kier alpha value is -0.555. The number of halogens is 1. The number of benzene rings is 1. The summed E-state index contributed by atoms with van der Waals surface area (Å²) >= 11 is 6.40. The Kier molecular flexibility index (Phi) is 4.80. The average molecular weight is 370 g/mol. The van der Waals surface area contributed by atoms with Crippen molar-refractivity contribution in [1.29, 1.82) is 0 Å². The molecule has 2 aliphatic rings. The first-order valence-corrected chi connectivity index (χ1v) is 10.7. The molecule has 0 radical (unpaired) electrons. The molecular formula is C17H25BClNO3S. The SMILES string of the molecule is CC1(C)OB(c2ccc(N=S3(=O)CCCCC3)c(Cl)c2)OC1(C)C. The molecule has 0 amide bonds. The number of rotatable bonds is 2. The summed E-state index contributed by atoms with van der Waals surface area (Å²) in [5, 5.41) is 0.496. The van der Waals surface area contributed by atoms with Gasteiger partial charge >= 0.3 is 7.12 Å². The zero-order valence-electron chi connectivity index (χ0n) is 14.8. The molecule has 0 saturated carbocycles. The van der Waals surface area contributed by atoms with Crippen LogP contribution >= 0.6 is 11.6 Å². The van der Waals surface area contributed by atoms with Crippen molar-refractivity contribution in [2.45, 2.75) is 58.2 Å². The van der Waals surface area contributed by atoms with Crippen molar-refractivity contribution in [3.8, 4) is 0 Å². The summed E-state index contributed by atoms with van der Waals surface area (Å²) in [6, 6.07) is 5.54. The average Bonchev–Trinajstić information content (AvgIpc) is 2.70. The van der Waals surface area contributed by atoms with Crippen molar-refractivity contribution in [2.24, 2.45) is 4.36 Å². The maximum atomic E-state index is 12.8. The van der Waals surface area contributed by atoms with Crippen LogP contribution in [-0.4, -0.2) is 34.0 Å². The van der Waals surface area contributed by atoms with Gasteiger partial charge in [-0.05, 0) is 58.1 Å². The Morgan fingerprint density at radius 3 is 2.21 bits per heavy atom. The molecule has 2 heterocycles. The second-order valence-electron chi connectivity index (χ2n) is 7.63. The Morgan fingerprint density at radius 1 is 1.08 bits per heavy atom. The highest BCUT2D eigenvalue weighted by atomic mass is 35.5. The molecule has 0 unspecified atom stereocenters. The zero-order chi connectivity index (χ0) is 17.6. The van der Waals surface area contributed by atoms with E-state index in [-0.39, 0.29) is 0 Å². The summed E-state index contributed by atoms with van der Waals surface area (Å²) < 4.78 is 29.3. The molecule has 0 atom stereocenters. The van der Waals surface area contributed by atoms with Gasteiger partial charge in [0.05, 0.1) is 31.6 Å². The van der Waals surface area contributed by atoms with Gasteiger partial charge in [0.25, 0.3) is 0 Å². The van der Waals surface area contributed by atoms with Crippen LogP contribution in [0.5, 0.6) is 0 Å². The van der Waals surface area contributed by atoms with Gasteiger partial charge in [0, 0.05) is 11.5 Å². The summed E-state index contributed by atoms with van der Waals surface area (Å²) in [6.45, 7) is 8.08. The summed E-state index contributed by atoms with van der Waals surface area (Å²) in [6.07, 6.45) is 3.10. The van der Waals surface area contributed by atoms with Gasteiger partial charge in [0.1, 0.15) is 0 Å². The highest BCUT2D eigenvalue weighted by Crippen LogP contribution is 2.37. The van der Waals surface area contributed by atoms with Crippen LogP contribution < -0.4 is 5.46 Å². The monoisotopic (exact) mass is 369 g/mol. The summed E-state index contributed by atoms with van der Waals surface area (Å²) in [5.41, 5.74) is 0.678. The fourth-order valence-electron chi connectivity index (χ4n) is 2.93. The molecule has 2 aliphatic heterocycles. The van der Waals surface area contributed by atoms with E-state index in [2.05, 4.69) is 4.36 Å². The van der Waals surface area contributed by atoms with Crippen LogP contribution in [0.25, 0.3) is 0 Å². The lowest BCUT2D eigenvalue weighted by molar-refractivity contribution is 0.00578. The first-order chi connectivity index (χ1) is 11.1. The molecule has 2 fully saturated rings. The van der Waals surface area contributed by atoms with E-state index < -0.39 is 28.0 Å². The second kappa shape index (κ2) is 6.31. The Bertz CT molecular complexity index is 728. The lowest BCUT2D eigenvalue weighted by atomic mass is 9.79. The lowest BCUT2D eigenvalue weighted by Gasteiger charge is -2.32. The molecule has 0 aromatic heterocycles. The molecule has 4 nitrogen and oxygen atoms in total. The normalized spacial score (nSPS) is 24.8. The first kappa shape index (κ1) is 18.2. The van der Waals surface area contributed by atoms with Crippen molar-refractivity contribution < 1.29 is 13.5 Å². The highest BCUT2D eigenvalue weighted by Gasteiger charge is 2.51. The Labute approximate surface area is 150 Å². The third kappa shape index (κ3) is 3.52. The van der Waals surface area contributed by atoms with Crippen LogP contribution in [0.4, 0.5) is 5.69 Å². The van der Waals surface area contributed by atoms with Gasteiger partial charge in [0.15, 0.2) is 0 Å². The molecule has 24 heavy (non-hydrogen) atoms. The van der Waals surface area contributed by atoms with Crippen LogP contribution in [0.2, 0.25) is 5.02 Å². The highest BCUT2D eigenvalue weighted by molar-refractivity contribution is 7.93.